The Morgan fingerprint density at radius 3 is 2.31 bits per heavy atom. The van der Waals surface area contributed by atoms with Gasteiger partial charge in [0.2, 0.25) is 5.91 Å². The molecule has 0 bridgehead atoms. The summed E-state index contributed by atoms with van der Waals surface area (Å²) in [7, 11) is 3.91. The second kappa shape index (κ2) is 10.8. The number of hydrogen-bond donors (Lipinski definition) is 0. The molecular formula is C29H31FN4O2. The molecular weight excluding hydrogens is 455 g/mol. The van der Waals surface area contributed by atoms with E-state index in [1.807, 2.05) is 63.2 Å². The normalized spacial score (nSPS) is 12.2. The number of halogens is 1. The van der Waals surface area contributed by atoms with Gasteiger partial charge < -0.3 is 9.80 Å². The number of likely N-dealkylation sites (N-methyl/N-ethyl adjacent to an activating group) is 1. The molecule has 36 heavy (non-hydrogen) atoms. The van der Waals surface area contributed by atoms with Crippen LogP contribution in [0.1, 0.15) is 29.9 Å². The van der Waals surface area contributed by atoms with Gasteiger partial charge in [0.15, 0.2) is 0 Å². The number of carbonyl (C=O) groups excluding carboxylic acids is 1. The summed E-state index contributed by atoms with van der Waals surface area (Å²) in [6.07, 6.45) is 0.242. The lowest BCUT2D eigenvalue weighted by molar-refractivity contribution is -0.133. The average molecular weight is 487 g/mol. The van der Waals surface area contributed by atoms with Crippen molar-refractivity contribution in [3.8, 4) is 5.69 Å². The number of nitrogens with zero attached hydrogens (tertiary/aromatic N) is 4. The van der Waals surface area contributed by atoms with E-state index in [0.29, 0.717) is 35.5 Å². The molecule has 0 saturated carbocycles. The topological polar surface area (TPSA) is 58.4 Å². The predicted octanol–water partition coefficient (Wildman–Crippen LogP) is 4.53. The second-order valence-electron chi connectivity index (χ2n) is 9.33. The van der Waals surface area contributed by atoms with Crippen LogP contribution in [0.15, 0.2) is 77.6 Å². The number of rotatable bonds is 8. The van der Waals surface area contributed by atoms with Crippen molar-refractivity contribution >= 4 is 16.8 Å². The van der Waals surface area contributed by atoms with Crippen molar-refractivity contribution in [3.63, 3.8) is 0 Å². The lowest BCUT2D eigenvalue weighted by Crippen LogP contribution is -2.41. The Kier molecular flexibility index (Phi) is 7.60. The number of hydrogen-bond acceptors (Lipinski definition) is 4. The van der Waals surface area contributed by atoms with E-state index >= 15 is 0 Å². The Morgan fingerprint density at radius 1 is 0.972 bits per heavy atom. The Morgan fingerprint density at radius 2 is 1.64 bits per heavy atom. The van der Waals surface area contributed by atoms with Gasteiger partial charge in [0.25, 0.3) is 5.56 Å². The van der Waals surface area contributed by atoms with Crippen LogP contribution in [0.3, 0.4) is 0 Å². The van der Waals surface area contributed by atoms with E-state index in [9.17, 15) is 14.0 Å². The number of aryl methyl sites for hydroxylation is 1. The first-order valence-corrected chi connectivity index (χ1v) is 12.0. The van der Waals surface area contributed by atoms with Gasteiger partial charge in [-0.15, -0.1) is 0 Å². The molecule has 1 aromatic heterocycles. The van der Waals surface area contributed by atoms with Crippen LogP contribution in [0, 0.1) is 12.7 Å². The van der Waals surface area contributed by atoms with Crippen molar-refractivity contribution in [2.24, 2.45) is 0 Å². The Bertz CT molecular complexity index is 1410. The van der Waals surface area contributed by atoms with E-state index in [0.717, 1.165) is 11.1 Å². The number of aromatic nitrogens is 2. The highest BCUT2D eigenvalue weighted by Crippen LogP contribution is 2.24. The highest BCUT2D eigenvalue weighted by atomic mass is 19.1. The summed E-state index contributed by atoms with van der Waals surface area (Å²) < 4.78 is 15.2. The zero-order chi connectivity index (χ0) is 25.8. The molecule has 1 unspecified atom stereocenters. The monoisotopic (exact) mass is 486 g/mol. The van der Waals surface area contributed by atoms with Gasteiger partial charge >= 0.3 is 0 Å². The third-order valence-corrected chi connectivity index (χ3v) is 6.31. The van der Waals surface area contributed by atoms with Gasteiger partial charge in [-0.25, -0.2) is 9.37 Å². The molecule has 0 N–H and O–H groups in total. The third-order valence-electron chi connectivity index (χ3n) is 6.31. The molecule has 1 heterocycles. The summed E-state index contributed by atoms with van der Waals surface area (Å²) in [5.41, 5.74) is 2.86. The molecule has 0 radical (unpaired) electrons. The second-order valence-corrected chi connectivity index (χ2v) is 9.33. The maximum atomic E-state index is 13.7. The Labute approximate surface area is 210 Å². The minimum atomic E-state index is -0.509. The van der Waals surface area contributed by atoms with Gasteiger partial charge in [-0.05, 0) is 69.9 Å². The highest BCUT2D eigenvalue weighted by Gasteiger charge is 2.27. The van der Waals surface area contributed by atoms with Crippen molar-refractivity contribution < 1.29 is 9.18 Å². The smallest absolute Gasteiger partial charge is 0.266 e. The summed E-state index contributed by atoms with van der Waals surface area (Å²) in [4.78, 5) is 35.9. The Hall–Kier alpha value is -3.84. The number of benzene rings is 3. The third kappa shape index (κ3) is 5.52. The fourth-order valence-electron chi connectivity index (χ4n) is 4.23. The number of carbonyl (C=O) groups is 1. The van der Waals surface area contributed by atoms with Crippen molar-refractivity contribution in [2.75, 3.05) is 27.2 Å². The maximum absolute atomic E-state index is 13.7. The van der Waals surface area contributed by atoms with Crippen molar-refractivity contribution in [2.45, 2.75) is 26.3 Å². The van der Waals surface area contributed by atoms with Gasteiger partial charge in [-0.3, -0.25) is 14.2 Å². The molecule has 0 spiro atoms. The van der Waals surface area contributed by atoms with Crippen LogP contribution in [0.5, 0.6) is 0 Å². The van der Waals surface area contributed by atoms with E-state index in [4.69, 9.17) is 4.98 Å². The van der Waals surface area contributed by atoms with Gasteiger partial charge in [-0.1, -0.05) is 42.0 Å². The van der Waals surface area contributed by atoms with Crippen molar-refractivity contribution in [1.29, 1.82) is 0 Å². The van der Waals surface area contributed by atoms with Crippen molar-refractivity contribution in [1.82, 2.24) is 19.4 Å². The van der Waals surface area contributed by atoms with E-state index in [1.54, 1.807) is 35.2 Å². The quantitative estimate of drug-likeness (QED) is 0.367. The van der Waals surface area contributed by atoms with E-state index in [-0.39, 0.29) is 17.9 Å². The summed E-state index contributed by atoms with van der Waals surface area (Å²) >= 11 is 0. The molecule has 7 heteroatoms. The molecule has 4 aromatic rings. The molecule has 4 rings (SSSR count). The Balaban J connectivity index is 1.81. The zero-order valence-corrected chi connectivity index (χ0v) is 21.1. The highest BCUT2D eigenvalue weighted by molar-refractivity contribution is 5.80. The molecule has 6 nitrogen and oxygen atoms in total. The summed E-state index contributed by atoms with van der Waals surface area (Å²) in [6, 6.07) is 20.3. The summed E-state index contributed by atoms with van der Waals surface area (Å²) in [5, 5.41) is 0.462. The molecule has 1 amide bonds. The lowest BCUT2D eigenvalue weighted by atomic mass is 10.1. The fourth-order valence-corrected chi connectivity index (χ4v) is 4.23. The molecule has 186 valence electrons. The van der Waals surface area contributed by atoms with E-state index in [2.05, 4.69) is 0 Å². The van der Waals surface area contributed by atoms with E-state index < -0.39 is 11.9 Å². The largest absolute Gasteiger partial charge is 0.331 e. The van der Waals surface area contributed by atoms with Gasteiger partial charge in [0.1, 0.15) is 11.6 Å². The fraction of sp³-hybridized carbons (Fsp3) is 0.276. The first kappa shape index (κ1) is 25.3. The average Bonchev–Trinajstić information content (AvgIpc) is 2.86. The molecule has 0 aliphatic heterocycles. The van der Waals surface area contributed by atoms with Gasteiger partial charge in [0.05, 0.1) is 29.1 Å². The molecule has 1 atom stereocenters. The predicted molar refractivity (Wildman–Crippen MR) is 141 cm³/mol. The van der Waals surface area contributed by atoms with Crippen LogP contribution in [0.4, 0.5) is 4.39 Å². The molecule has 0 aliphatic carbocycles. The van der Waals surface area contributed by atoms with E-state index in [1.165, 1.54) is 16.7 Å². The molecule has 0 aliphatic rings. The van der Waals surface area contributed by atoms with Crippen LogP contribution >= 0.6 is 0 Å². The minimum absolute atomic E-state index is 0.0544. The number of amides is 1. The number of fused-ring (bicyclic) bond motifs is 1. The van der Waals surface area contributed by atoms with Crippen molar-refractivity contribution in [3.05, 3.63) is 106 Å². The van der Waals surface area contributed by atoms with Crippen LogP contribution < -0.4 is 5.56 Å². The first-order chi connectivity index (χ1) is 17.2. The SMILES string of the molecule is Cc1ccc(CC(=O)N(CCN(C)C)C(C)c2nc3ccccc3c(=O)n2-c2ccc(F)cc2)cc1. The van der Waals surface area contributed by atoms with Gasteiger partial charge in [0, 0.05) is 13.1 Å². The lowest BCUT2D eigenvalue weighted by Gasteiger charge is -2.31. The number of para-hydroxylation sites is 1. The maximum Gasteiger partial charge on any atom is 0.266 e. The zero-order valence-electron chi connectivity index (χ0n) is 21.1. The summed E-state index contributed by atoms with van der Waals surface area (Å²) in [6.45, 7) is 5.01. The summed E-state index contributed by atoms with van der Waals surface area (Å²) in [5.74, 6) is -0.0152. The van der Waals surface area contributed by atoms with Gasteiger partial charge in [-0.2, -0.15) is 0 Å². The molecule has 0 fully saturated rings. The molecule has 0 saturated heterocycles. The minimum Gasteiger partial charge on any atom is -0.331 e. The standard InChI is InChI=1S/C29H31FN4O2/c1-20-9-11-22(12-10-20)19-27(35)33(18-17-32(3)4)21(2)28-31-26-8-6-5-7-25(26)29(36)34(28)24-15-13-23(30)14-16-24/h5-16,21H,17-19H2,1-4H3. The van der Waals surface area contributed by atoms with Crippen LogP contribution in [-0.2, 0) is 11.2 Å². The van der Waals surface area contributed by atoms with Crippen LogP contribution in [-0.4, -0.2) is 52.4 Å². The van der Waals surface area contributed by atoms with Crippen LogP contribution in [0.25, 0.3) is 16.6 Å². The first-order valence-electron chi connectivity index (χ1n) is 12.0. The molecule has 3 aromatic carbocycles. The van der Waals surface area contributed by atoms with Crippen LogP contribution in [0.2, 0.25) is 0 Å².